The van der Waals surface area contributed by atoms with Crippen LogP contribution in [0.2, 0.25) is 5.02 Å². The summed E-state index contributed by atoms with van der Waals surface area (Å²) in [5, 5.41) is 0.239. The van der Waals surface area contributed by atoms with Crippen molar-refractivity contribution in [3.05, 3.63) is 28.8 Å². The van der Waals surface area contributed by atoms with Gasteiger partial charge in [-0.3, -0.25) is 0 Å². The first-order chi connectivity index (χ1) is 9.86. The Balaban J connectivity index is 2.37. The second-order valence-electron chi connectivity index (χ2n) is 5.55. The first-order valence-corrected chi connectivity index (χ1v) is 8.87. The molecule has 0 amide bonds. The number of rotatable bonds is 3. The standard InChI is InChI=1S/C14H22ClN3O2S/c1-11-10-17(2)6-3-7-18(11)21(19,20)14-5-4-12(9-16)8-13(14)15/h4-5,8,11H,3,6-7,9-10,16H2,1-2H3. The van der Waals surface area contributed by atoms with Gasteiger partial charge in [0.15, 0.2) is 0 Å². The lowest BCUT2D eigenvalue weighted by Gasteiger charge is -2.27. The van der Waals surface area contributed by atoms with Gasteiger partial charge in [-0.25, -0.2) is 8.42 Å². The second kappa shape index (κ2) is 6.62. The quantitative estimate of drug-likeness (QED) is 0.911. The summed E-state index contributed by atoms with van der Waals surface area (Å²) in [6.45, 7) is 4.41. The predicted octanol–water partition coefficient (Wildman–Crippen LogP) is 1.51. The van der Waals surface area contributed by atoms with E-state index in [4.69, 9.17) is 17.3 Å². The third-order valence-corrected chi connectivity index (χ3v) is 6.30. The SMILES string of the molecule is CC1CN(C)CCCN1S(=O)(=O)c1ccc(CN)cc1Cl. The van der Waals surface area contributed by atoms with Crippen LogP contribution in [0.25, 0.3) is 0 Å². The number of benzene rings is 1. The Hall–Kier alpha value is -0.660. The number of nitrogens with two attached hydrogens (primary N) is 1. The van der Waals surface area contributed by atoms with E-state index >= 15 is 0 Å². The molecule has 0 radical (unpaired) electrons. The molecule has 1 unspecified atom stereocenters. The molecule has 1 atom stereocenters. The molecule has 21 heavy (non-hydrogen) atoms. The Morgan fingerprint density at radius 1 is 1.38 bits per heavy atom. The van der Waals surface area contributed by atoms with Crippen LogP contribution in [0, 0.1) is 0 Å². The molecule has 2 rings (SSSR count). The minimum absolute atomic E-state index is 0.0762. The van der Waals surface area contributed by atoms with Gasteiger partial charge in [0.2, 0.25) is 10.0 Å². The summed E-state index contributed by atoms with van der Waals surface area (Å²) in [6, 6.07) is 4.82. The Bertz CT molecular complexity index is 606. The fourth-order valence-electron chi connectivity index (χ4n) is 2.71. The molecule has 5 nitrogen and oxygen atoms in total. The predicted molar refractivity (Wildman–Crippen MR) is 84.8 cm³/mol. The topological polar surface area (TPSA) is 66.6 Å². The highest BCUT2D eigenvalue weighted by molar-refractivity contribution is 7.89. The van der Waals surface area contributed by atoms with Crippen molar-refractivity contribution in [2.45, 2.75) is 30.8 Å². The average Bonchev–Trinajstić information content (AvgIpc) is 2.59. The summed E-state index contributed by atoms with van der Waals surface area (Å²) in [5.74, 6) is 0. The maximum atomic E-state index is 12.9. The van der Waals surface area contributed by atoms with Gasteiger partial charge in [0.05, 0.1) is 5.02 Å². The maximum absolute atomic E-state index is 12.9. The highest BCUT2D eigenvalue weighted by atomic mass is 35.5. The molecule has 1 aliphatic rings. The molecule has 1 aromatic rings. The van der Waals surface area contributed by atoms with E-state index in [1.165, 1.54) is 0 Å². The zero-order valence-corrected chi connectivity index (χ0v) is 14.0. The van der Waals surface area contributed by atoms with E-state index in [-0.39, 0.29) is 16.0 Å². The molecule has 0 saturated carbocycles. The Morgan fingerprint density at radius 3 is 2.71 bits per heavy atom. The van der Waals surface area contributed by atoms with E-state index in [2.05, 4.69) is 4.90 Å². The van der Waals surface area contributed by atoms with E-state index in [0.29, 0.717) is 13.1 Å². The number of hydrogen-bond acceptors (Lipinski definition) is 4. The first kappa shape index (κ1) is 16.7. The number of likely N-dealkylation sites (N-methyl/N-ethyl adjacent to an activating group) is 1. The van der Waals surface area contributed by atoms with Crippen molar-refractivity contribution >= 4 is 21.6 Å². The van der Waals surface area contributed by atoms with Gasteiger partial charge in [-0.2, -0.15) is 4.31 Å². The summed E-state index contributed by atoms with van der Waals surface area (Å²) in [4.78, 5) is 2.32. The monoisotopic (exact) mass is 331 g/mol. The Kier molecular flexibility index (Phi) is 5.27. The number of hydrogen-bond donors (Lipinski definition) is 1. The van der Waals surface area contributed by atoms with Gasteiger partial charge in [-0.05, 0) is 44.6 Å². The summed E-state index contributed by atoms with van der Waals surface area (Å²) < 4.78 is 27.3. The van der Waals surface area contributed by atoms with Crippen LogP contribution in [0.4, 0.5) is 0 Å². The van der Waals surface area contributed by atoms with Crippen LogP contribution < -0.4 is 5.73 Å². The summed E-state index contributed by atoms with van der Waals surface area (Å²) in [6.07, 6.45) is 0.818. The van der Waals surface area contributed by atoms with E-state index in [1.807, 2.05) is 14.0 Å². The fraction of sp³-hybridized carbons (Fsp3) is 0.571. The molecule has 0 bridgehead atoms. The molecule has 0 aliphatic carbocycles. The van der Waals surface area contributed by atoms with Crippen LogP contribution in [0.5, 0.6) is 0 Å². The molecule has 118 valence electrons. The van der Waals surface area contributed by atoms with Crippen LogP contribution in [0.15, 0.2) is 23.1 Å². The van der Waals surface area contributed by atoms with Crippen molar-refractivity contribution in [2.75, 3.05) is 26.7 Å². The highest BCUT2D eigenvalue weighted by Crippen LogP contribution is 2.28. The lowest BCUT2D eigenvalue weighted by atomic mass is 10.2. The number of halogens is 1. The third-order valence-electron chi connectivity index (χ3n) is 3.80. The second-order valence-corrected chi connectivity index (χ2v) is 7.82. The molecule has 0 spiro atoms. The van der Waals surface area contributed by atoms with Crippen LogP contribution in [-0.4, -0.2) is 50.3 Å². The first-order valence-electron chi connectivity index (χ1n) is 7.05. The van der Waals surface area contributed by atoms with Crippen molar-refractivity contribution in [2.24, 2.45) is 5.73 Å². The molecule has 1 saturated heterocycles. The minimum Gasteiger partial charge on any atom is -0.326 e. The molecule has 7 heteroatoms. The van der Waals surface area contributed by atoms with Crippen molar-refractivity contribution in [1.82, 2.24) is 9.21 Å². The zero-order chi connectivity index (χ0) is 15.6. The van der Waals surface area contributed by atoms with E-state index in [9.17, 15) is 8.42 Å². The number of sulfonamides is 1. The van der Waals surface area contributed by atoms with Crippen LogP contribution in [0.3, 0.4) is 0 Å². The van der Waals surface area contributed by atoms with Crippen LogP contribution >= 0.6 is 11.6 Å². The minimum atomic E-state index is -3.58. The Labute approximate surface area is 131 Å². The van der Waals surface area contributed by atoms with Gasteiger partial charge in [-0.1, -0.05) is 17.7 Å². The number of nitrogens with zero attached hydrogens (tertiary/aromatic N) is 2. The molecule has 2 N–H and O–H groups in total. The van der Waals surface area contributed by atoms with Gasteiger partial charge in [0.1, 0.15) is 4.90 Å². The Morgan fingerprint density at radius 2 is 2.10 bits per heavy atom. The van der Waals surface area contributed by atoms with Gasteiger partial charge >= 0.3 is 0 Å². The van der Waals surface area contributed by atoms with Crippen molar-refractivity contribution in [1.29, 1.82) is 0 Å². The molecule has 1 fully saturated rings. The molecule has 1 aliphatic heterocycles. The van der Waals surface area contributed by atoms with Crippen molar-refractivity contribution < 1.29 is 8.42 Å². The van der Waals surface area contributed by atoms with Gasteiger partial charge in [0.25, 0.3) is 0 Å². The zero-order valence-electron chi connectivity index (χ0n) is 12.4. The highest BCUT2D eigenvalue weighted by Gasteiger charge is 2.32. The van der Waals surface area contributed by atoms with Gasteiger partial charge in [0, 0.05) is 25.7 Å². The van der Waals surface area contributed by atoms with E-state index < -0.39 is 10.0 Å². The lowest BCUT2D eigenvalue weighted by Crippen LogP contribution is -2.42. The maximum Gasteiger partial charge on any atom is 0.244 e. The van der Waals surface area contributed by atoms with Crippen LogP contribution in [-0.2, 0) is 16.6 Å². The normalized spacial score (nSPS) is 22.2. The molecule has 1 aromatic carbocycles. The van der Waals surface area contributed by atoms with Crippen molar-refractivity contribution in [3.63, 3.8) is 0 Å². The lowest BCUT2D eigenvalue weighted by molar-refractivity contribution is 0.290. The summed E-state index contributed by atoms with van der Waals surface area (Å²) in [5.41, 5.74) is 6.38. The largest absolute Gasteiger partial charge is 0.326 e. The third kappa shape index (κ3) is 3.57. The summed E-state index contributed by atoms with van der Waals surface area (Å²) >= 11 is 6.16. The fourth-order valence-corrected chi connectivity index (χ4v) is 4.92. The van der Waals surface area contributed by atoms with Gasteiger partial charge < -0.3 is 10.6 Å². The summed E-state index contributed by atoms with van der Waals surface area (Å²) in [7, 11) is -1.57. The average molecular weight is 332 g/mol. The van der Waals surface area contributed by atoms with E-state index in [0.717, 1.165) is 25.1 Å². The molecule has 0 aromatic heterocycles. The van der Waals surface area contributed by atoms with Crippen LogP contribution in [0.1, 0.15) is 18.9 Å². The smallest absolute Gasteiger partial charge is 0.244 e. The molecule has 1 heterocycles. The molecular formula is C14H22ClN3O2S. The van der Waals surface area contributed by atoms with Gasteiger partial charge in [-0.15, -0.1) is 0 Å². The molecular weight excluding hydrogens is 310 g/mol. The van der Waals surface area contributed by atoms with Crippen molar-refractivity contribution in [3.8, 4) is 0 Å². The van der Waals surface area contributed by atoms with E-state index in [1.54, 1.807) is 22.5 Å².